The maximum Gasteiger partial charge on any atom is 0.330 e. The number of primary amides is 1. The van der Waals surface area contributed by atoms with Gasteiger partial charge in [-0.2, -0.15) is 0 Å². The monoisotopic (exact) mass is 714 g/mol. The van der Waals surface area contributed by atoms with Crippen molar-refractivity contribution in [3.05, 3.63) is 62.3 Å². The number of fused-ring (bicyclic) bond motifs is 2. The maximum atomic E-state index is 13.5. The first kappa shape index (κ1) is 33.2. The van der Waals surface area contributed by atoms with Crippen LogP contribution >= 0.6 is 27.5 Å². The van der Waals surface area contributed by atoms with Gasteiger partial charge in [-0.15, -0.1) is 0 Å². The lowest BCUT2D eigenvalue weighted by Crippen LogP contribution is -2.61. The minimum Gasteiger partial charge on any atom is -0.464 e. The van der Waals surface area contributed by atoms with Gasteiger partial charge in [-0.1, -0.05) is 17.7 Å². The Hall–Kier alpha value is -2.73. The lowest BCUT2D eigenvalue weighted by Gasteiger charge is -2.46. The van der Waals surface area contributed by atoms with Crippen LogP contribution in [0.15, 0.2) is 34.9 Å². The highest BCUT2D eigenvalue weighted by molar-refractivity contribution is 9.10. The maximum absolute atomic E-state index is 13.5. The van der Waals surface area contributed by atoms with E-state index in [1.54, 1.807) is 16.7 Å². The molecule has 3 aliphatic heterocycles. The Labute approximate surface area is 284 Å². The smallest absolute Gasteiger partial charge is 0.330 e. The summed E-state index contributed by atoms with van der Waals surface area (Å²) < 4.78 is 6.47. The number of ether oxygens (including phenoxy) is 1. The number of piperazine rings is 1. The van der Waals surface area contributed by atoms with E-state index in [-0.39, 0.29) is 30.4 Å². The third kappa shape index (κ3) is 7.22. The first-order valence-electron chi connectivity index (χ1n) is 16.6. The standard InChI is InChI=1S/C34H44BrClN6O4/c1-2-46-33(44)29-21-41(15-16-42(29)30(43)17-22-7-11-40(12-8-22)34(37)45)27-9-13-39(14-10-27)32-28-6-5-26(36)19-23(28)3-4-24-18-25(35)20-38-31(24)32/h5-6,18-20,22,27,29,32H,2-4,7-17,21H2,1H3,(H2,37,45). The molecule has 3 fully saturated rings. The molecule has 1 aromatic carbocycles. The minimum absolute atomic E-state index is 0.00465. The summed E-state index contributed by atoms with van der Waals surface area (Å²) in [7, 11) is 0. The number of nitrogens with zero attached hydrogens (tertiary/aromatic N) is 5. The van der Waals surface area contributed by atoms with Gasteiger partial charge >= 0.3 is 12.0 Å². The van der Waals surface area contributed by atoms with E-state index >= 15 is 0 Å². The van der Waals surface area contributed by atoms with Gasteiger partial charge in [0.25, 0.3) is 0 Å². The summed E-state index contributed by atoms with van der Waals surface area (Å²) in [5.41, 5.74) is 10.4. The number of hydrogen-bond acceptors (Lipinski definition) is 7. The second-order valence-electron chi connectivity index (χ2n) is 13.0. The van der Waals surface area contributed by atoms with Crippen LogP contribution in [0.2, 0.25) is 5.02 Å². The number of carbonyl (C=O) groups is 3. The number of halogens is 2. The van der Waals surface area contributed by atoms with Crippen molar-refractivity contribution in [2.24, 2.45) is 11.7 Å². The topological polar surface area (TPSA) is 112 Å². The molecule has 4 heterocycles. The average molecular weight is 716 g/mol. The highest BCUT2D eigenvalue weighted by atomic mass is 79.9. The van der Waals surface area contributed by atoms with Crippen molar-refractivity contribution in [2.45, 2.75) is 70.0 Å². The number of nitrogens with two attached hydrogens (primary N) is 1. The summed E-state index contributed by atoms with van der Waals surface area (Å²) in [6.07, 6.45) is 7.55. The zero-order valence-electron chi connectivity index (χ0n) is 26.5. The molecule has 12 heteroatoms. The van der Waals surface area contributed by atoms with Crippen molar-refractivity contribution in [1.82, 2.24) is 24.6 Å². The summed E-state index contributed by atoms with van der Waals surface area (Å²) in [6.45, 7) is 6.75. The second-order valence-corrected chi connectivity index (χ2v) is 14.4. The number of benzene rings is 1. The quantitative estimate of drug-likeness (QED) is 0.442. The molecule has 3 amide bonds. The Morgan fingerprint density at radius 3 is 2.43 bits per heavy atom. The summed E-state index contributed by atoms with van der Waals surface area (Å²) >= 11 is 10.1. The highest BCUT2D eigenvalue weighted by Crippen LogP contribution is 2.39. The molecule has 0 bridgehead atoms. The van der Waals surface area contributed by atoms with Crippen molar-refractivity contribution in [3.8, 4) is 0 Å². The molecular weight excluding hydrogens is 672 g/mol. The summed E-state index contributed by atoms with van der Waals surface area (Å²) in [5, 5.41) is 0.763. The number of aromatic nitrogens is 1. The van der Waals surface area contributed by atoms with Crippen LogP contribution in [0.1, 0.15) is 67.5 Å². The number of piperidine rings is 2. The van der Waals surface area contributed by atoms with Gasteiger partial charge in [0, 0.05) is 74.0 Å². The number of rotatable bonds is 6. The van der Waals surface area contributed by atoms with E-state index in [4.69, 9.17) is 27.1 Å². The number of carbonyl (C=O) groups excluding carboxylic acids is 3. The van der Waals surface area contributed by atoms with E-state index in [2.05, 4.69) is 43.9 Å². The van der Waals surface area contributed by atoms with Crippen LogP contribution < -0.4 is 5.73 Å². The Bertz CT molecular complexity index is 1390. The summed E-state index contributed by atoms with van der Waals surface area (Å²) in [5.74, 6) is -0.154. The number of pyridine rings is 1. The van der Waals surface area contributed by atoms with Gasteiger partial charge in [0.05, 0.1) is 18.3 Å². The lowest BCUT2D eigenvalue weighted by molar-refractivity contribution is -0.159. The number of hydrogen-bond donors (Lipinski definition) is 1. The molecule has 2 atom stereocenters. The highest BCUT2D eigenvalue weighted by Gasteiger charge is 2.41. The van der Waals surface area contributed by atoms with Crippen LogP contribution in [0.4, 0.5) is 4.79 Å². The van der Waals surface area contributed by atoms with Crippen molar-refractivity contribution < 1.29 is 19.1 Å². The van der Waals surface area contributed by atoms with Gasteiger partial charge in [-0.25, -0.2) is 9.59 Å². The van der Waals surface area contributed by atoms with Crippen LogP contribution in [0.25, 0.3) is 0 Å². The summed E-state index contributed by atoms with van der Waals surface area (Å²) in [4.78, 5) is 51.5. The fourth-order valence-electron chi connectivity index (χ4n) is 7.89. The Balaban J connectivity index is 1.12. The minimum atomic E-state index is -0.613. The van der Waals surface area contributed by atoms with Crippen LogP contribution in [-0.2, 0) is 27.2 Å². The number of amides is 3. The van der Waals surface area contributed by atoms with Gasteiger partial charge in [-0.05, 0) is 102 Å². The van der Waals surface area contributed by atoms with Crippen LogP contribution in [0, 0.1) is 5.92 Å². The second kappa shape index (κ2) is 14.6. The van der Waals surface area contributed by atoms with Gasteiger partial charge in [-0.3, -0.25) is 19.6 Å². The molecule has 1 aromatic heterocycles. The molecule has 0 saturated carbocycles. The molecule has 10 nitrogen and oxygen atoms in total. The molecule has 46 heavy (non-hydrogen) atoms. The zero-order valence-corrected chi connectivity index (χ0v) is 28.8. The Morgan fingerprint density at radius 1 is 0.978 bits per heavy atom. The molecule has 0 spiro atoms. The van der Waals surface area contributed by atoms with E-state index in [0.29, 0.717) is 38.6 Å². The van der Waals surface area contributed by atoms with Gasteiger partial charge < -0.3 is 20.3 Å². The van der Waals surface area contributed by atoms with Crippen LogP contribution in [0.5, 0.6) is 0 Å². The molecule has 248 valence electrons. The average Bonchev–Trinajstić information content (AvgIpc) is 3.21. The van der Waals surface area contributed by atoms with Gasteiger partial charge in [0.2, 0.25) is 5.91 Å². The normalized spacial score (nSPS) is 23.4. The van der Waals surface area contributed by atoms with Crippen LogP contribution in [0.3, 0.4) is 0 Å². The third-order valence-corrected chi connectivity index (χ3v) is 11.0. The van der Waals surface area contributed by atoms with Crippen molar-refractivity contribution in [1.29, 1.82) is 0 Å². The van der Waals surface area contributed by atoms with Crippen molar-refractivity contribution in [2.75, 3.05) is 52.4 Å². The van der Waals surface area contributed by atoms with E-state index < -0.39 is 12.1 Å². The lowest BCUT2D eigenvalue weighted by atomic mass is 9.92. The van der Waals surface area contributed by atoms with E-state index in [0.717, 1.165) is 73.3 Å². The molecule has 1 aliphatic carbocycles. The van der Waals surface area contributed by atoms with Crippen molar-refractivity contribution in [3.63, 3.8) is 0 Å². The molecule has 2 unspecified atom stereocenters. The number of urea groups is 1. The van der Waals surface area contributed by atoms with E-state index in [9.17, 15) is 14.4 Å². The van der Waals surface area contributed by atoms with E-state index in [1.807, 2.05) is 12.3 Å². The molecular formula is C34H44BrClN6O4. The predicted molar refractivity (Wildman–Crippen MR) is 179 cm³/mol. The number of aryl methyl sites for hydroxylation is 2. The van der Waals surface area contributed by atoms with Crippen molar-refractivity contribution >= 4 is 45.4 Å². The van der Waals surface area contributed by atoms with E-state index in [1.165, 1.54) is 16.7 Å². The van der Waals surface area contributed by atoms with Gasteiger partial charge in [0.15, 0.2) is 0 Å². The number of esters is 1. The Morgan fingerprint density at radius 2 is 1.72 bits per heavy atom. The first-order chi connectivity index (χ1) is 22.2. The molecule has 6 rings (SSSR count). The zero-order chi connectivity index (χ0) is 32.4. The largest absolute Gasteiger partial charge is 0.464 e. The molecule has 2 aromatic rings. The first-order valence-corrected chi connectivity index (χ1v) is 17.8. The Kier molecular flexibility index (Phi) is 10.5. The van der Waals surface area contributed by atoms with Gasteiger partial charge in [0.1, 0.15) is 6.04 Å². The summed E-state index contributed by atoms with van der Waals surface area (Å²) in [6, 6.07) is 7.84. The molecule has 0 radical (unpaired) electrons. The fraction of sp³-hybridized carbons (Fsp3) is 0.588. The van der Waals surface area contributed by atoms with Crippen LogP contribution in [-0.4, -0.2) is 107 Å². The predicted octanol–water partition coefficient (Wildman–Crippen LogP) is 4.41. The SMILES string of the molecule is CCOC(=O)C1CN(C2CCN(C3c4ccc(Cl)cc4CCc4cc(Br)cnc43)CC2)CCN1C(=O)CC1CCN(C(N)=O)CC1. The third-order valence-electron chi connectivity index (χ3n) is 10.4. The molecule has 4 aliphatic rings. The molecule has 2 N–H and O–H groups in total. The fourth-order valence-corrected chi connectivity index (χ4v) is 8.46. The molecule has 3 saturated heterocycles. The number of likely N-dealkylation sites (tertiary alicyclic amines) is 2.